The molecule has 0 radical (unpaired) electrons. The minimum absolute atomic E-state index is 0.0191. The molecule has 1 aromatic heterocycles. The van der Waals surface area contributed by atoms with E-state index in [-0.39, 0.29) is 23.6 Å². The number of halogens is 1. The second-order valence-electron chi connectivity index (χ2n) is 12.0. The van der Waals surface area contributed by atoms with Crippen LogP contribution in [-0.4, -0.2) is 23.2 Å². The number of nitrogens with zero attached hydrogens (tertiary/aromatic N) is 1. The van der Waals surface area contributed by atoms with Crippen LogP contribution in [0.2, 0.25) is 0 Å². The molecule has 0 unspecified atom stereocenters. The molecule has 0 saturated heterocycles. The summed E-state index contributed by atoms with van der Waals surface area (Å²) >= 11 is 0. The van der Waals surface area contributed by atoms with E-state index in [0.717, 1.165) is 66.3 Å². The zero-order valence-corrected chi connectivity index (χ0v) is 23.6. The molecule has 1 saturated carbocycles. The third kappa shape index (κ3) is 5.36. The lowest BCUT2D eigenvalue weighted by Crippen LogP contribution is -2.31. The van der Waals surface area contributed by atoms with E-state index in [9.17, 15) is 9.90 Å². The van der Waals surface area contributed by atoms with E-state index >= 15 is 4.39 Å². The van der Waals surface area contributed by atoms with Gasteiger partial charge in [0, 0.05) is 17.0 Å². The SMILES string of the molecule is C=C[C@]1(CC(=O)O)CCCc2ccc(OCc3ccc(-c4cc(OC)ncc4F)c([C@@H]4CCCC4(C)C)c3)cc21. The number of carboxylic acids is 1. The Kier molecular flexibility index (Phi) is 7.72. The van der Waals surface area contributed by atoms with Gasteiger partial charge in [-0.3, -0.25) is 4.79 Å². The van der Waals surface area contributed by atoms with Crippen molar-refractivity contribution < 1.29 is 23.8 Å². The molecule has 2 aromatic carbocycles. The summed E-state index contributed by atoms with van der Waals surface area (Å²) in [5.74, 6) is 0.169. The van der Waals surface area contributed by atoms with Crippen molar-refractivity contribution >= 4 is 5.97 Å². The number of allylic oxidation sites excluding steroid dienone is 1. The van der Waals surface area contributed by atoms with Crippen molar-refractivity contribution in [1.29, 1.82) is 0 Å². The van der Waals surface area contributed by atoms with Crippen LogP contribution in [0.25, 0.3) is 11.1 Å². The van der Waals surface area contributed by atoms with Gasteiger partial charge in [-0.25, -0.2) is 9.37 Å². The van der Waals surface area contributed by atoms with Crippen LogP contribution >= 0.6 is 0 Å². The molecule has 2 aliphatic carbocycles. The Balaban J connectivity index is 1.47. The van der Waals surface area contributed by atoms with Crippen LogP contribution in [0.4, 0.5) is 4.39 Å². The summed E-state index contributed by atoms with van der Waals surface area (Å²) in [6.07, 6.45) is 8.96. The molecule has 1 fully saturated rings. The fourth-order valence-electron chi connectivity index (χ4n) is 6.84. The number of aryl methyl sites for hydroxylation is 1. The molecular formula is C34H38FNO4. The molecule has 0 amide bonds. The fourth-order valence-corrected chi connectivity index (χ4v) is 6.84. The number of hydrogen-bond donors (Lipinski definition) is 1. The predicted molar refractivity (Wildman–Crippen MR) is 154 cm³/mol. The lowest BCUT2D eigenvalue weighted by Gasteiger charge is -2.36. The number of pyridine rings is 1. The Hall–Kier alpha value is -3.67. The smallest absolute Gasteiger partial charge is 0.304 e. The number of aromatic nitrogens is 1. The number of methoxy groups -OCH3 is 1. The molecular weight excluding hydrogens is 505 g/mol. The maximum atomic E-state index is 15.0. The van der Waals surface area contributed by atoms with Crippen LogP contribution in [-0.2, 0) is 23.2 Å². The quantitative estimate of drug-likeness (QED) is 0.277. The molecule has 5 rings (SSSR count). The van der Waals surface area contributed by atoms with Gasteiger partial charge in [-0.15, -0.1) is 6.58 Å². The zero-order valence-electron chi connectivity index (χ0n) is 23.6. The molecule has 40 heavy (non-hydrogen) atoms. The monoisotopic (exact) mass is 543 g/mol. The summed E-state index contributed by atoms with van der Waals surface area (Å²) in [5, 5.41) is 9.60. The molecule has 2 atom stereocenters. The number of ether oxygens (including phenoxy) is 2. The van der Waals surface area contributed by atoms with Crippen molar-refractivity contribution in [2.75, 3.05) is 7.11 Å². The van der Waals surface area contributed by atoms with Gasteiger partial charge in [0.15, 0.2) is 0 Å². The summed E-state index contributed by atoms with van der Waals surface area (Å²) in [4.78, 5) is 15.7. The number of fused-ring (bicyclic) bond motifs is 1. The molecule has 0 spiro atoms. The van der Waals surface area contributed by atoms with Crippen molar-refractivity contribution in [2.45, 2.75) is 76.7 Å². The lowest BCUT2D eigenvalue weighted by atomic mass is 9.68. The topological polar surface area (TPSA) is 68.7 Å². The van der Waals surface area contributed by atoms with Crippen molar-refractivity contribution in [3.8, 4) is 22.8 Å². The van der Waals surface area contributed by atoms with Crippen LogP contribution in [0.15, 0.2) is 61.3 Å². The number of aliphatic carboxylic acids is 1. The maximum absolute atomic E-state index is 15.0. The van der Waals surface area contributed by atoms with Gasteiger partial charge in [0.1, 0.15) is 18.2 Å². The Bertz CT molecular complexity index is 1430. The lowest BCUT2D eigenvalue weighted by molar-refractivity contribution is -0.138. The van der Waals surface area contributed by atoms with Crippen LogP contribution in [0.3, 0.4) is 0 Å². The van der Waals surface area contributed by atoms with Gasteiger partial charge in [-0.05, 0) is 83.4 Å². The number of carbonyl (C=O) groups is 1. The van der Waals surface area contributed by atoms with E-state index < -0.39 is 11.4 Å². The highest BCUT2D eigenvalue weighted by molar-refractivity contribution is 5.71. The van der Waals surface area contributed by atoms with E-state index in [1.165, 1.54) is 13.3 Å². The number of benzene rings is 2. The van der Waals surface area contributed by atoms with E-state index in [1.54, 1.807) is 12.1 Å². The highest BCUT2D eigenvalue weighted by Crippen LogP contribution is 2.51. The molecule has 1 N–H and O–H groups in total. The first-order valence-electron chi connectivity index (χ1n) is 14.1. The normalized spacial score (nSPS) is 21.4. The van der Waals surface area contributed by atoms with E-state index in [0.29, 0.717) is 23.8 Å². The predicted octanol–water partition coefficient (Wildman–Crippen LogP) is 8.00. The summed E-state index contributed by atoms with van der Waals surface area (Å²) in [5.41, 5.74) is 5.14. The third-order valence-electron chi connectivity index (χ3n) is 9.03. The standard InChI is InChI=1S/C34H38FNO4/c1-5-34(19-32(37)38)15-6-8-23-11-12-24(17-29(23)34)40-21-22-10-13-25(27-18-31(39-4)36-20-30(27)35)26(16-22)28-9-7-14-33(28,2)3/h5,10-13,16-18,20,28H,1,6-9,14-15,19,21H2,2-4H3,(H,37,38)/t28-,34+/m0/s1. The Labute approximate surface area is 236 Å². The van der Waals surface area contributed by atoms with Crippen LogP contribution in [0.1, 0.15) is 80.5 Å². The summed E-state index contributed by atoms with van der Waals surface area (Å²) in [6.45, 7) is 8.92. The van der Waals surface area contributed by atoms with Gasteiger partial charge in [0.05, 0.1) is 19.7 Å². The van der Waals surface area contributed by atoms with Gasteiger partial charge < -0.3 is 14.6 Å². The summed E-state index contributed by atoms with van der Waals surface area (Å²) < 4.78 is 26.6. The number of hydrogen-bond acceptors (Lipinski definition) is 4. The van der Waals surface area contributed by atoms with Gasteiger partial charge in [0.2, 0.25) is 5.88 Å². The molecule has 0 bridgehead atoms. The second-order valence-corrected chi connectivity index (χ2v) is 12.0. The summed E-state index contributed by atoms with van der Waals surface area (Å²) in [7, 11) is 1.53. The van der Waals surface area contributed by atoms with E-state index in [1.807, 2.05) is 24.3 Å². The molecule has 3 aromatic rings. The van der Waals surface area contributed by atoms with Crippen molar-refractivity contribution in [2.24, 2.45) is 5.41 Å². The highest BCUT2D eigenvalue weighted by atomic mass is 19.1. The van der Waals surface area contributed by atoms with E-state index in [4.69, 9.17) is 9.47 Å². The first-order valence-corrected chi connectivity index (χ1v) is 14.1. The van der Waals surface area contributed by atoms with Crippen LogP contribution in [0, 0.1) is 11.2 Å². The largest absolute Gasteiger partial charge is 0.489 e. The van der Waals surface area contributed by atoms with Crippen LogP contribution < -0.4 is 9.47 Å². The summed E-state index contributed by atoms with van der Waals surface area (Å²) in [6, 6.07) is 13.8. The molecule has 6 heteroatoms. The van der Waals surface area contributed by atoms with Crippen LogP contribution in [0.5, 0.6) is 11.6 Å². The van der Waals surface area contributed by atoms with Crippen molar-refractivity contribution in [3.05, 3.63) is 89.4 Å². The van der Waals surface area contributed by atoms with Gasteiger partial charge in [0.25, 0.3) is 0 Å². The highest BCUT2D eigenvalue weighted by Gasteiger charge is 2.38. The average Bonchev–Trinajstić information content (AvgIpc) is 3.30. The maximum Gasteiger partial charge on any atom is 0.304 e. The first kappa shape index (κ1) is 27.9. The van der Waals surface area contributed by atoms with Crippen molar-refractivity contribution in [1.82, 2.24) is 4.98 Å². The number of rotatable bonds is 9. The fraction of sp³-hybridized carbons (Fsp3) is 0.412. The average molecular weight is 544 g/mol. The van der Waals surface area contributed by atoms with Gasteiger partial charge >= 0.3 is 5.97 Å². The van der Waals surface area contributed by atoms with Gasteiger partial charge in [-0.2, -0.15) is 0 Å². The Morgan fingerprint density at radius 3 is 2.67 bits per heavy atom. The van der Waals surface area contributed by atoms with Crippen molar-refractivity contribution in [3.63, 3.8) is 0 Å². The number of carboxylic acid groups (broad SMARTS) is 1. The minimum Gasteiger partial charge on any atom is -0.489 e. The Morgan fingerprint density at radius 1 is 1.15 bits per heavy atom. The second kappa shape index (κ2) is 11.1. The van der Waals surface area contributed by atoms with Gasteiger partial charge in [-0.1, -0.05) is 50.6 Å². The molecule has 2 aliphatic rings. The Morgan fingerprint density at radius 2 is 1.98 bits per heavy atom. The molecule has 0 aliphatic heterocycles. The molecule has 5 nitrogen and oxygen atoms in total. The van der Waals surface area contributed by atoms with E-state index in [2.05, 4.69) is 37.5 Å². The third-order valence-corrected chi connectivity index (χ3v) is 9.03. The first-order chi connectivity index (χ1) is 19.2. The molecule has 210 valence electrons. The zero-order chi connectivity index (χ0) is 28.5. The molecule has 1 heterocycles. The minimum atomic E-state index is -0.829.